The summed E-state index contributed by atoms with van der Waals surface area (Å²) in [6.45, 7) is 4.30. The van der Waals surface area contributed by atoms with Crippen molar-refractivity contribution in [3.63, 3.8) is 0 Å². The summed E-state index contributed by atoms with van der Waals surface area (Å²) in [7, 11) is -1.45. The number of rotatable bonds is 5. The molecule has 0 saturated carbocycles. The zero-order valence-corrected chi connectivity index (χ0v) is 17.2. The van der Waals surface area contributed by atoms with Gasteiger partial charge in [0.1, 0.15) is 0 Å². The van der Waals surface area contributed by atoms with Gasteiger partial charge in [-0.2, -0.15) is 4.31 Å². The lowest BCUT2D eigenvalue weighted by molar-refractivity contribution is 0.381. The standard InChI is InChI=1S/C21H26N4O2S/c1-3-6-17-9-11-18(12-10-17)28(26,27)25-15-13-24(14-16-25)21-22-19-7-4-5-8-20(19)23(21)2/h4-5,7-12H,3,6,13-16H2,1-2H3. The van der Waals surface area contributed by atoms with Gasteiger partial charge in [0.25, 0.3) is 0 Å². The molecule has 0 atom stereocenters. The highest BCUT2D eigenvalue weighted by Crippen LogP contribution is 2.24. The highest BCUT2D eigenvalue weighted by Gasteiger charge is 2.29. The topological polar surface area (TPSA) is 58.4 Å². The number of nitrogens with zero attached hydrogens (tertiary/aromatic N) is 4. The minimum absolute atomic E-state index is 0.378. The Morgan fingerprint density at radius 3 is 2.29 bits per heavy atom. The number of hydrogen-bond acceptors (Lipinski definition) is 4. The van der Waals surface area contributed by atoms with E-state index < -0.39 is 10.0 Å². The smallest absolute Gasteiger partial charge is 0.243 e. The van der Waals surface area contributed by atoms with Crippen LogP contribution in [0.15, 0.2) is 53.4 Å². The Balaban J connectivity index is 1.49. The number of sulfonamides is 1. The van der Waals surface area contributed by atoms with Crippen molar-refractivity contribution >= 4 is 27.0 Å². The number of imidazole rings is 1. The van der Waals surface area contributed by atoms with Gasteiger partial charge >= 0.3 is 0 Å². The molecule has 3 aromatic rings. The lowest BCUT2D eigenvalue weighted by atomic mass is 10.1. The lowest BCUT2D eigenvalue weighted by Gasteiger charge is -2.34. The fourth-order valence-corrected chi connectivity index (χ4v) is 5.23. The third kappa shape index (κ3) is 3.40. The summed E-state index contributed by atoms with van der Waals surface area (Å²) in [5.74, 6) is 0.891. The molecule has 1 aliphatic heterocycles. The molecule has 148 valence electrons. The summed E-state index contributed by atoms with van der Waals surface area (Å²) in [5, 5.41) is 0. The molecule has 2 aromatic carbocycles. The van der Waals surface area contributed by atoms with E-state index in [0.717, 1.165) is 29.8 Å². The third-order valence-corrected chi connectivity index (χ3v) is 7.30. The van der Waals surface area contributed by atoms with E-state index in [2.05, 4.69) is 22.5 Å². The SMILES string of the molecule is CCCc1ccc(S(=O)(=O)N2CCN(c3nc4ccccc4n3C)CC2)cc1. The number of fused-ring (bicyclic) bond motifs is 1. The molecule has 0 N–H and O–H groups in total. The van der Waals surface area contributed by atoms with E-state index in [1.54, 1.807) is 16.4 Å². The van der Waals surface area contributed by atoms with E-state index in [0.29, 0.717) is 31.1 Å². The van der Waals surface area contributed by atoms with Crippen LogP contribution in [-0.4, -0.2) is 48.5 Å². The predicted octanol–water partition coefficient (Wildman–Crippen LogP) is 3.04. The van der Waals surface area contributed by atoms with Crippen LogP contribution in [0.4, 0.5) is 5.95 Å². The van der Waals surface area contributed by atoms with Gasteiger partial charge in [0, 0.05) is 33.2 Å². The van der Waals surface area contributed by atoms with E-state index in [1.165, 1.54) is 5.56 Å². The number of hydrogen-bond donors (Lipinski definition) is 0. The van der Waals surface area contributed by atoms with Crippen LogP contribution >= 0.6 is 0 Å². The van der Waals surface area contributed by atoms with Gasteiger partial charge in [-0.05, 0) is 36.2 Å². The van der Waals surface area contributed by atoms with Crippen molar-refractivity contribution in [2.24, 2.45) is 7.05 Å². The summed E-state index contributed by atoms with van der Waals surface area (Å²) < 4.78 is 29.6. The second-order valence-corrected chi connectivity index (χ2v) is 9.18. The van der Waals surface area contributed by atoms with E-state index in [-0.39, 0.29) is 0 Å². The Morgan fingerprint density at radius 2 is 1.64 bits per heavy atom. The lowest BCUT2D eigenvalue weighted by Crippen LogP contribution is -2.49. The van der Waals surface area contributed by atoms with E-state index in [1.807, 2.05) is 37.4 Å². The largest absolute Gasteiger partial charge is 0.340 e. The molecule has 0 unspecified atom stereocenters. The molecular weight excluding hydrogens is 372 g/mol. The van der Waals surface area contributed by atoms with Crippen LogP contribution in [0.25, 0.3) is 11.0 Å². The van der Waals surface area contributed by atoms with Crippen LogP contribution in [0.3, 0.4) is 0 Å². The molecule has 0 bridgehead atoms. The van der Waals surface area contributed by atoms with Gasteiger partial charge in [-0.15, -0.1) is 0 Å². The summed E-state index contributed by atoms with van der Waals surface area (Å²) in [5.41, 5.74) is 3.22. The number of benzene rings is 2. The summed E-state index contributed by atoms with van der Waals surface area (Å²) in [4.78, 5) is 7.27. The first-order valence-electron chi connectivity index (χ1n) is 9.76. The monoisotopic (exact) mass is 398 g/mol. The number of anilines is 1. The zero-order valence-electron chi connectivity index (χ0n) is 16.4. The van der Waals surface area contributed by atoms with Gasteiger partial charge in [-0.25, -0.2) is 13.4 Å². The summed E-state index contributed by atoms with van der Waals surface area (Å²) in [6.07, 6.45) is 2.02. The second kappa shape index (κ2) is 7.56. The van der Waals surface area contributed by atoms with Crippen molar-refractivity contribution in [1.29, 1.82) is 0 Å². The molecule has 0 radical (unpaired) electrons. The maximum absolute atomic E-state index is 13.0. The number of aromatic nitrogens is 2. The molecule has 1 aliphatic rings. The molecule has 0 aliphatic carbocycles. The van der Waals surface area contributed by atoms with Crippen molar-refractivity contribution in [2.75, 3.05) is 31.1 Å². The Kier molecular flexibility index (Phi) is 5.12. The first kappa shape index (κ1) is 19.0. The van der Waals surface area contributed by atoms with Gasteiger partial charge in [0.2, 0.25) is 16.0 Å². The first-order chi connectivity index (χ1) is 13.5. The maximum Gasteiger partial charge on any atom is 0.243 e. The first-order valence-corrected chi connectivity index (χ1v) is 11.2. The molecule has 0 amide bonds. The van der Waals surface area contributed by atoms with Crippen LogP contribution < -0.4 is 4.90 Å². The van der Waals surface area contributed by atoms with Crippen molar-refractivity contribution in [1.82, 2.24) is 13.9 Å². The molecule has 1 aromatic heterocycles. The van der Waals surface area contributed by atoms with E-state index >= 15 is 0 Å². The third-order valence-electron chi connectivity index (χ3n) is 5.38. The molecule has 7 heteroatoms. The van der Waals surface area contributed by atoms with Crippen molar-refractivity contribution in [2.45, 2.75) is 24.7 Å². The van der Waals surface area contributed by atoms with E-state index in [4.69, 9.17) is 4.98 Å². The van der Waals surface area contributed by atoms with Crippen molar-refractivity contribution in [3.8, 4) is 0 Å². The normalized spacial score (nSPS) is 16.0. The van der Waals surface area contributed by atoms with Crippen LogP contribution in [0.5, 0.6) is 0 Å². The predicted molar refractivity (Wildman–Crippen MR) is 112 cm³/mol. The maximum atomic E-state index is 13.0. The van der Waals surface area contributed by atoms with Crippen molar-refractivity contribution < 1.29 is 8.42 Å². The van der Waals surface area contributed by atoms with Gasteiger partial charge in [-0.1, -0.05) is 37.6 Å². The Labute approximate surface area is 166 Å². The highest BCUT2D eigenvalue weighted by atomic mass is 32.2. The molecular formula is C21H26N4O2S. The summed E-state index contributed by atoms with van der Waals surface area (Å²) >= 11 is 0. The fraction of sp³-hybridized carbons (Fsp3) is 0.381. The number of aryl methyl sites for hydroxylation is 2. The quantitative estimate of drug-likeness (QED) is 0.663. The number of piperazine rings is 1. The molecule has 2 heterocycles. The van der Waals surface area contributed by atoms with Crippen LogP contribution in [0.2, 0.25) is 0 Å². The molecule has 6 nitrogen and oxygen atoms in total. The van der Waals surface area contributed by atoms with Gasteiger partial charge in [0.05, 0.1) is 15.9 Å². The molecule has 28 heavy (non-hydrogen) atoms. The molecule has 4 rings (SSSR count). The zero-order chi connectivity index (χ0) is 19.7. The molecule has 0 spiro atoms. The average molecular weight is 399 g/mol. The molecule has 1 saturated heterocycles. The van der Waals surface area contributed by atoms with Gasteiger partial charge < -0.3 is 9.47 Å². The van der Waals surface area contributed by atoms with Crippen molar-refractivity contribution in [3.05, 3.63) is 54.1 Å². The van der Waals surface area contributed by atoms with Crippen LogP contribution in [0, 0.1) is 0 Å². The Hall–Kier alpha value is -2.38. The fourth-order valence-electron chi connectivity index (χ4n) is 3.81. The van der Waals surface area contributed by atoms with E-state index in [9.17, 15) is 8.42 Å². The van der Waals surface area contributed by atoms with Crippen LogP contribution in [0.1, 0.15) is 18.9 Å². The van der Waals surface area contributed by atoms with Gasteiger partial charge in [-0.3, -0.25) is 0 Å². The molecule has 1 fully saturated rings. The van der Waals surface area contributed by atoms with Crippen LogP contribution in [-0.2, 0) is 23.5 Å². The number of para-hydroxylation sites is 2. The highest BCUT2D eigenvalue weighted by molar-refractivity contribution is 7.89. The minimum Gasteiger partial charge on any atom is -0.340 e. The second-order valence-electron chi connectivity index (χ2n) is 7.24. The summed E-state index contributed by atoms with van der Waals surface area (Å²) in [6, 6.07) is 15.4. The Morgan fingerprint density at radius 1 is 0.964 bits per heavy atom. The average Bonchev–Trinajstić information content (AvgIpc) is 3.06. The Bertz CT molecular complexity index is 1070. The van der Waals surface area contributed by atoms with Gasteiger partial charge in [0.15, 0.2) is 0 Å². The minimum atomic E-state index is -3.45.